The average Bonchev–Trinajstić information content (AvgIpc) is 3.14. The number of nitriles is 1. The van der Waals surface area contributed by atoms with Crippen LogP contribution < -0.4 is 11.1 Å². The highest BCUT2D eigenvalue weighted by atomic mass is 16.3. The van der Waals surface area contributed by atoms with Crippen molar-refractivity contribution in [2.75, 3.05) is 5.32 Å². The van der Waals surface area contributed by atoms with Crippen LogP contribution in [-0.2, 0) is 0 Å². The maximum atomic E-state index is 12.0. The maximum absolute atomic E-state index is 12.0. The van der Waals surface area contributed by atoms with E-state index < -0.39 is 11.5 Å². The highest BCUT2D eigenvalue weighted by Crippen LogP contribution is 2.33. The minimum absolute atomic E-state index is 0.139. The van der Waals surface area contributed by atoms with Gasteiger partial charge in [0.15, 0.2) is 0 Å². The van der Waals surface area contributed by atoms with Crippen LogP contribution in [0.3, 0.4) is 0 Å². The van der Waals surface area contributed by atoms with Crippen molar-refractivity contribution >= 4 is 17.1 Å². The summed E-state index contributed by atoms with van der Waals surface area (Å²) in [7, 11) is 0. The molecule has 0 atom stereocenters. The summed E-state index contributed by atoms with van der Waals surface area (Å²) < 4.78 is 1.71. The molecule has 2 heterocycles. The number of hydrogen-bond donors (Lipinski definition) is 3. The molecule has 0 radical (unpaired) electrons. The zero-order valence-corrected chi connectivity index (χ0v) is 16.2. The van der Waals surface area contributed by atoms with Crippen LogP contribution in [0.15, 0.2) is 42.7 Å². The van der Waals surface area contributed by atoms with Crippen LogP contribution >= 0.6 is 0 Å². The zero-order valence-electron chi connectivity index (χ0n) is 16.2. The highest BCUT2D eigenvalue weighted by Gasteiger charge is 2.29. The molecule has 1 amide bonds. The zero-order chi connectivity index (χ0) is 20.6. The lowest BCUT2D eigenvalue weighted by Crippen LogP contribution is -2.36. The number of rotatable bonds is 4. The molecule has 1 saturated carbocycles. The predicted molar refractivity (Wildman–Crippen MR) is 110 cm³/mol. The standard InChI is InChI=1S/C22H23N5O2/c1-22(29)7-5-17(6-8-22)26-20-18(21(24)28)12-25-27-13-16(10-19(20)27)15-4-2-3-14(9-15)11-23/h2-4,9-10,12-13,17,26,29H,5-8H2,1H3,(H2,24,28)/t17-,22+. The van der Waals surface area contributed by atoms with E-state index in [2.05, 4.69) is 16.5 Å². The monoisotopic (exact) mass is 389 g/mol. The third kappa shape index (κ3) is 3.80. The highest BCUT2D eigenvalue weighted by molar-refractivity contribution is 6.02. The Balaban J connectivity index is 1.75. The molecule has 0 bridgehead atoms. The van der Waals surface area contributed by atoms with Gasteiger partial charge in [-0.25, -0.2) is 4.52 Å². The topological polar surface area (TPSA) is 116 Å². The van der Waals surface area contributed by atoms with E-state index in [1.165, 1.54) is 6.20 Å². The maximum Gasteiger partial charge on any atom is 0.252 e. The van der Waals surface area contributed by atoms with Gasteiger partial charge in [0, 0.05) is 17.8 Å². The lowest BCUT2D eigenvalue weighted by molar-refractivity contribution is 0.0196. The minimum Gasteiger partial charge on any atom is -0.390 e. The number of amides is 1. The first-order valence-corrected chi connectivity index (χ1v) is 9.67. The molecule has 4 N–H and O–H groups in total. The molecule has 1 fully saturated rings. The second kappa shape index (κ2) is 7.22. The van der Waals surface area contributed by atoms with Crippen LogP contribution in [0.1, 0.15) is 48.5 Å². The van der Waals surface area contributed by atoms with Gasteiger partial charge in [-0.1, -0.05) is 12.1 Å². The summed E-state index contributed by atoms with van der Waals surface area (Å²) in [4.78, 5) is 12.0. The number of primary amides is 1. The Labute approximate surface area is 168 Å². The minimum atomic E-state index is -0.633. The van der Waals surface area contributed by atoms with Crippen molar-refractivity contribution in [1.29, 1.82) is 5.26 Å². The fourth-order valence-electron chi connectivity index (χ4n) is 3.91. The van der Waals surface area contributed by atoms with E-state index in [0.29, 0.717) is 29.7 Å². The first-order chi connectivity index (χ1) is 13.9. The Hall–Kier alpha value is -3.37. The quantitative estimate of drug-likeness (QED) is 0.634. The lowest BCUT2D eigenvalue weighted by atomic mass is 9.83. The van der Waals surface area contributed by atoms with Crippen LogP contribution in [-0.4, -0.2) is 32.3 Å². The molecule has 0 saturated heterocycles. The number of nitrogens with zero attached hydrogens (tertiary/aromatic N) is 3. The number of hydrogen-bond acceptors (Lipinski definition) is 5. The second-order valence-corrected chi connectivity index (χ2v) is 7.96. The van der Waals surface area contributed by atoms with Crippen molar-refractivity contribution in [2.24, 2.45) is 5.73 Å². The first-order valence-electron chi connectivity index (χ1n) is 9.67. The molecule has 7 nitrogen and oxygen atoms in total. The molecule has 29 heavy (non-hydrogen) atoms. The van der Waals surface area contributed by atoms with Gasteiger partial charge in [0.25, 0.3) is 5.91 Å². The van der Waals surface area contributed by atoms with Gasteiger partial charge in [-0.15, -0.1) is 0 Å². The molecule has 0 unspecified atom stereocenters. The number of fused-ring (bicyclic) bond motifs is 1. The fourth-order valence-corrected chi connectivity index (χ4v) is 3.91. The van der Waals surface area contributed by atoms with Crippen molar-refractivity contribution in [3.05, 3.63) is 53.9 Å². The molecule has 4 rings (SSSR count). The fraction of sp³-hybridized carbons (Fsp3) is 0.318. The van der Waals surface area contributed by atoms with E-state index in [1.807, 2.05) is 37.4 Å². The van der Waals surface area contributed by atoms with Crippen molar-refractivity contribution in [1.82, 2.24) is 9.61 Å². The molecule has 2 aromatic heterocycles. The van der Waals surface area contributed by atoms with Crippen LogP contribution in [0.2, 0.25) is 0 Å². The largest absolute Gasteiger partial charge is 0.390 e. The van der Waals surface area contributed by atoms with Gasteiger partial charge in [0.2, 0.25) is 0 Å². The van der Waals surface area contributed by atoms with Crippen LogP contribution in [0.25, 0.3) is 16.6 Å². The molecule has 1 aliphatic carbocycles. The number of benzene rings is 1. The Morgan fingerprint density at radius 3 is 2.79 bits per heavy atom. The Morgan fingerprint density at radius 2 is 2.10 bits per heavy atom. The van der Waals surface area contributed by atoms with E-state index in [4.69, 9.17) is 11.0 Å². The normalized spacial score (nSPS) is 21.6. The van der Waals surface area contributed by atoms with Gasteiger partial charge in [-0.2, -0.15) is 10.4 Å². The van der Waals surface area contributed by atoms with E-state index in [9.17, 15) is 9.90 Å². The number of nitrogens with two attached hydrogens (primary N) is 1. The van der Waals surface area contributed by atoms with Crippen molar-refractivity contribution in [3.8, 4) is 17.2 Å². The van der Waals surface area contributed by atoms with Gasteiger partial charge in [0.05, 0.1) is 40.2 Å². The number of carbonyl (C=O) groups excluding carboxylic acids is 1. The smallest absolute Gasteiger partial charge is 0.252 e. The molecular formula is C22H23N5O2. The third-order valence-corrected chi connectivity index (χ3v) is 5.64. The number of anilines is 1. The summed E-state index contributed by atoms with van der Waals surface area (Å²) in [6.07, 6.45) is 6.35. The molecule has 1 aromatic carbocycles. The first kappa shape index (κ1) is 19.0. The molecule has 7 heteroatoms. The van der Waals surface area contributed by atoms with Crippen molar-refractivity contribution in [2.45, 2.75) is 44.2 Å². The van der Waals surface area contributed by atoms with Gasteiger partial charge in [0.1, 0.15) is 0 Å². The molecule has 0 aliphatic heterocycles. The second-order valence-electron chi connectivity index (χ2n) is 7.96. The van der Waals surface area contributed by atoms with Gasteiger partial charge in [-0.05, 0) is 56.4 Å². The Morgan fingerprint density at radius 1 is 1.34 bits per heavy atom. The van der Waals surface area contributed by atoms with E-state index in [1.54, 1.807) is 10.6 Å². The van der Waals surface area contributed by atoms with Gasteiger partial charge >= 0.3 is 0 Å². The predicted octanol–water partition coefficient (Wildman–Crippen LogP) is 3.08. The van der Waals surface area contributed by atoms with Crippen molar-refractivity contribution < 1.29 is 9.90 Å². The van der Waals surface area contributed by atoms with Gasteiger partial charge in [-0.3, -0.25) is 4.79 Å². The van der Waals surface area contributed by atoms with Crippen LogP contribution in [0, 0.1) is 11.3 Å². The summed E-state index contributed by atoms with van der Waals surface area (Å²) in [6, 6.07) is 11.6. The molecule has 0 spiro atoms. The van der Waals surface area contributed by atoms with E-state index >= 15 is 0 Å². The number of aromatic nitrogens is 2. The van der Waals surface area contributed by atoms with Crippen LogP contribution in [0.5, 0.6) is 0 Å². The molecule has 148 valence electrons. The van der Waals surface area contributed by atoms with E-state index in [0.717, 1.165) is 29.5 Å². The molecule has 1 aliphatic rings. The molecule has 3 aromatic rings. The number of carbonyl (C=O) groups is 1. The van der Waals surface area contributed by atoms with Crippen LogP contribution in [0.4, 0.5) is 5.69 Å². The third-order valence-electron chi connectivity index (χ3n) is 5.64. The summed E-state index contributed by atoms with van der Waals surface area (Å²) in [6.45, 7) is 1.86. The van der Waals surface area contributed by atoms with E-state index in [-0.39, 0.29) is 6.04 Å². The Bertz CT molecular complexity index is 1120. The summed E-state index contributed by atoms with van der Waals surface area (Å²) in [5, 5.41) is 27.2. The number of nitrogens with one attached hydrogen (secondary N) is 1. The SMILES string of the molecule is C[C@]1(O)CC[C@@H](Nc2c(C(N)=O)cnn3cc(-c4cccc(C#N)c4)cc23)CC1. The molecular weight excluding hydrogens is 366 g/mol. The lowest BCUT2D eigenvalue weighted by Gasteiger charge is -2.34. The summed E-state index contributed by atoms with van der Waals surface area (Å²) >= 11 is 0. The summed E-state index contributed by atoms with van der Waals surface area (Å²) in [5.74, 6) is -0.542. The summed E-state index contributed by atoms with van der Waals surface area (Å²) in [5.41, 5.74) is 9.08. The van der Waals surface area contributed by atoms with Crippen molar-refractivity contribution in [3.63, 3.8) is 0 Å². The Kier molecular flexibility index (Phi) is 4.73. The van der Waals surface area contributed by atoms with Gasteiger partial charge < -0.3 is 16.2 Å². The average molecular weight is 389 g/mol. The number of aliphatic hydroxyl groups is 1.